The summed E-state index contributed by atoms with van der Waals surface area (Å²) in [5.74, 6) is -0.722. The Morgan fingerprint density at radius 1 is 1.10 bits per heavy atom. The van der Waals surface area contributed by atoms with Crippen LogP contribution in [0.3, 0.4) is 0 Å². The highest BCUT2D eigenvalue weighted by molar-refractivity contribution is 5.94. The SMILES string of the molecule is NCc1cccc(-c2cc(COc3ccccc3CC(=O)O)cc3c2C=NC3)c1F. The number of carboxylic acids is 1. The quantitative estimate of drug-likeness (QED) is 0.621. The molecule has 3 N–H and O–H groups in total. The lowest BCUT2D eigenvalue weighted by Gasteiger charge is -2.15. The number of hydrogen-bond acceptors (Lipinski definition) is 4. The summed E-state index contributed by atoms with van der Waals surface area (Å²) >= 11 is 0. The van der Waals surface area contributed by atoms with Crippen LogP contribution in [-0.4, -0.2) is 17.3 Å². The van der Waals surface area contributed by atoms with Crippen LogP contribution in [0.15, 0.2) is 59.6 Å². The number of para-hydroxylation sites is 1. The first-order valence-corrected chi connectivity index (χ1v) is 9.62. The van der Waals surface area contributed by atoms with Crippen LogP contribution in [0.5, 0.6) is 5.75 Å². The van der Waals surface area contributed by atoms with Gasteiger partial charge in [-0.2, -0.15) is 0 Å². The van der Waals surface area contributed by atoms with Crippen LogP contribution in [0.4, 0.5) is 4.39 Å². The first kappa shape index (κ1) is 19.8. The third-order valence-electron chi connectivity index (χ3n) is 5.10. The van der Waals surface area contributed by atoms with Gasteiger partial charge >= 0.3 is 5.97 Å². The number of carbonyl (C=O) groups is 1. The normalized spacial score (nSPS) is 12.1. The van der Waals surface area contributed by atoms with Crippen LogP contribution in [-0.2, 0) is 30.9 Å². The number of carboxylic acid groups (broad SMARTS) is 1. The summed E-state index contributed by atoms with van der Waals surface area (Å²) in [5.41, 5.74) is 10.7. The molecule has 4 rings (SSSR count). The Morgan fingerprint density at radius 2 is 1.90 bits per heavy atom. The van der Waals surface area contributed by atoms with Crippen LogP contribution in [0.25, 0.3) is 11.1 Å². The molecule has 0 atom stereocenters. The van der Waals surface area contributed by atoms with E-state index in [2.05, 4.69) is 4.99 Å². The second-order valence-corrected chi connectivity index (χ2v) is 7.14. The van der Waals surface area contributed by atoms with Gasteiger partial charge in [0, 0.05) is 35.0 Å². The number of hydrogen-bond donors (Lipinski definition) is 2. The zero-order valence-corrected chi connectivity index (χ0v) is 16.3. The van der Waals surface area contributed by atoms with Crippen molar-refractivity contribution in [1.29, 1.82) is 0 Å². The molecule has 0 saturated heterocycles. The summed E-state index contributed by atoms with van der Waals surface area (Å²) in [6, 6.07) is 16.2. The molecule has 0 aliphatic carbocycles. The number of benzene rings is 3. The maximum atomic E-state index is 15.0. The highest BCUT2D eigenvalue weighted by Crippen LogP contribution is 2.33. The van der Waals surface area contributed by atoms with Crippen molar-refractivity contribution in [2.45, 2.75) is 26.1 Å². The molecule has 1 aliphatic rings. The largest absolute Gasteiger partial charge is 0.489 e. The van der Waals surface area contributed by atoms with Gasteiger partial charge in [0.25, 0.3) is 0 Å². The molecule has 0 amide bonds. The lowest BCUT2D eigenvalue weighted by atomic mass is 9.93. The molecule has 0 saturated carbocycles. The maximum Gasteiger partial charge on any atom is 0.307 e. The molecule has 0 radical (unpaired) electrons. The fraction of sp³-hybridized carbons (Fsp3) is 0.167. The second kappa shape index (κ2) is 8.47. The van der Waals surface area contributed by atoms with E-state index in [0.29, 0.717) is 29.0 Å². The Bertz CT molecular complexity index is 1140. The number of nitrogens with two attached hydrogens (primary N) is 1. The van der Waals surface area contributed by atoms with E-state index in [1.807, 2.05) is 12.1 Å². The fourth-order valence-corrected chi connectivity index (χ4v) is 3.66. The van der Waals surface area contributed by atoms with Gasteiger partial charge in [0.15, 0.2) is 0 Å². The lowest BCUT2D eigenvalue weighted by Crippen LogP contribution is -2.05. The number of aliphatic imine (C=N–C) groups is 1. The molecule has 0 spiro atoms. The summed E-state index contributed by atoms with van der Waals surface area (Å²) in [7, 11) is 0. The molecule has 3 aromatic rings. The fourth-order valence-electron chi connectivity index (χ4n) is 3.66. The van der Waals surface area contributed by atoms with Crippen LogP contribution >= 0.6 is 0 Å². The molecule has 30 heavy (non-hydrogen) atoms. The lowest BCUT2D eigenvalue weighted by molar-refractivity contribution is -0.136. The molecular weight excluding hydrogens is 383 g/mol. The van der Waals surface area contributed by atoms with Gasteiger partial charge in [0.1, 0.15) is 18.2 Å². The number of rotatable bonds is 7. The molecule has 0 bridgehead atoms. The summed E-state index contributed by atoms with van der Waals surface area (Å²) in [6.45, 7) is 0.887. The highest BCUT2D eigenvalue weighted by Gasteiger charge is 2.18. The maximum absolute atomic E-state index is 15.0. The van der Waals surface area contributed by atoms with Gasteiger partial charge < -0.3 is 15.6 Å². The van der Waals surface area contributed by atoms with Gasteiger partial charge in [0.05, 0.1) is 13.0 Å². The third kappa shape index (κ3) is 3.95. The molecular formula is C24H21FN2O3. The minimum atomic E-state index is -0.918. The van der Waals surface area contributed by atoms with Gasteiger partial charge in [-0.3, -0.25) is 9.79 Å². The average Bonchev–Trinajstić information content (AvgIpc) is 3.21. The first-order valence-electron chi connectivity index (χ1n) is 9.62. The molecule has 3 aromatic carbocycles. The average molecular weight is 404 g/mol. The molecule has 152 valence electrons. The molecule has 5 nitrogen and oxygen atoms in total. The first-order chi connectivity index (χ1) is 14.6. The highest BCUT2D eigenvalue weighted by atomic mass is 19.1. The van der Waals surface area contributed by atoms with Crippen LogP contribution in [0.1, 0.15) is 27.8 Å². The summed E-state index contributed by atoms with van der Waals surface area (Å²) < 4.78 is 20.9. The topological polar surface area (TPSA) is 84.9 Å². The molecule has 0 aromatic heterocycles. The Balaban J connectivity index is 1.68. The van der Waals surface area contributed by atoms with E-state index in [1.165, 1.54) is 0 Å². The van der Waals surface area contributed by atoms with Crippen LogP contribution in [0.2, 0.25) is 0 Å². The molecule has 0 fully saturated rings. The standard InChI is InChI=1S/C24H21FN2O3/c25-24-17(11-26)5-3-6-19(24)20-9-15(8-18-12-27-13-21(18)20)14-30-22-7-2-1-4-16(22)10-23(28)29/h1-9,13H,10-12,14,26H2,(H,28,29). The number of fused-ring (bicyclic) bond motifs is 1. The second-order valence-electron chi connectivity index (χ2n) is 7.14. The number of nitrogens with zero attached hydrogens (tertiary/aromatic N) is 1. The monoisotopic (exact) mass is 404 g/mol. The van der Waals surface area contributed by atoms with Gasteiger partial charge in [-0.15, -0.1) is 0 Å². The van der Waals surface area contributed by atoms with Gasteiger partial charge in [-0.25, -0.2) is 4.39 Å². The summed E-state index contributed by atoms with van der Waals surface area (Å²) in [6.07, 6.45) is 1.66. The Kier molecular flexibility index (Phi) is 5.59. The van der Waals surface area contributed by atoms with Crippen molar-refractivity contribution < 1.29 is 19.0 Å². The van der Waals surface area contributed by atoms with Crippen LogP contribution in [0, 0.1) is 5.82 Å². The molecule has 0 unspecified atom stereocenters. The van der Waals surface area contributed by atoms with Gasteiger partial charge in [0.2, 0.25) is 0 Å². The van der Waals surface area contributed by atoms with Crippen LogP contribution < -0.4 is 10.5 Å². The molecule has 1 aliphatic heterocycles. The summed E-state index contributed by atoms with van der Waals surface area (Å²) in [4.78, 5) is 15.4. The van der Waals surface area contributed by atoms with E-state index in [9.17, 15) is 9.18 Å². The minimum absolute atomic E-state index is 0.115. The smallest absolute Gasteiger partial charge is 0.307 e. The van der Waals surface area contributed by atoms with Crippen molar-refractivity contribution >= 4 is 12.2 Å². The summed E-state index contributed by atoms with van der Waals surface area (Å²) in [5, 5.41) is 9.10. The Hall–Kier alpha value is -3.51. The van der Waals surface area contributed by atoms with E-state index in [4.69, 9.17) is 15.6 Å². The van der Waals surface area contributed by atoms with Gasteiger partial charge in [-0.1, -0.05) is 36.4 Å². The molecule has 6 heteroatoms. The van der Waals surface area contributed by atoms with Crippen molar-refractivity contribution in [3.05, 3.63) is 88.2 Å². The number of ether oxygens (including phenoxy) is 1. The Morgan fingerprint density at radius 3 is 2.70 bits per heavy atom. The van der Waals surface area contributed by atoms with E-state index in [1.54, 1.807) is 48.7 Å². The van der Waals surface area contributed by atoms with Gasteiger partial charge in [-0.05, 0) is 34.9 Å². The van der Waals surface area contributed by atoms with Crippen molar-refractivity contribution in [3.8, 4) is 16.9 Å². The minimum Gasteiger partial charge on any atom is -0.489 e. The number of aliphatic carboxylic acids is 1. The van der Waals surface area contributed by atoms with E-state index in [0.717, 1.165) is 22.3 Å². The van der Waals surface area contributed by atoms with Crippen molar-refractivity contribution in [3.63, 3.8) is 0 Å². The van der Waals surface area contributed by atoms with E-state index >= 15 is 0 Å². The van der Waals surface area contributed by atoms with E-state index < -0.39 is 5.97 Å². The van der Waals surface area contributed by atoms with Crippen molar-refractivity contribution in [2.75, 3.05) is 0 Å². The zero-order valence-electron chi connectivity index (χ0n) is 16.3. The number of halogens is 1. The van der Waals surface area contributed by atoms with E-state index in [-0.39, 0.29) is 25.4 Å². The predicted octanol–water partition coefficient (Wildman–Crippen LogP) is 4.09. The van der Waals surface area contributed by atoms with Crippen molar-refractivity contribution in [1.82, 2.24) is 0 Å². The van der Waals surface area contributed by atoms with Crippen molar-refractivity contribution in [2.24, 2.45) is 10.7 Å². The Labute approximate surface area is 173 Å². The zero-order chi connectivity index (χ0) is 21.1. The molecule has 1 heterocycles. The predicted molar refractivity (Wildman–Crippen MR) is 113 cm³/mol. The third-order valence-corrected chi connectivity index (χ3v) is 5.10.